The Bertz CT molecular complexity index is 377. The normalized spacial score (nSPS) is 13.4. The van der Waals surface area contributed by atoms with Crippen LogP contribution in [0.15, 0.2) is 24.3 Å². The highest BCUT2D eigenvalue weighted by Crippen LogP contribution is 2.28. The summed E-state index contributed by atoms with van der Waals surface area (Å²) in [6.07, 6.45) is -5.08. The van der Waals surface area contributed by atoms with Crippen molar-refractivity contribution < 1.29 is 13.2 Å². The van der Waals surface area contributed by atoms with Crippen LogP contribution in [0.5, 0.6) is 0 Å². The van der Waals surface area contributed by atoms with Gasteiger partial charge in [-0.15, -0.1) is 0 Å². The molecule has 1 aromatic carbocycles. The van der Waals surface area contributed by atoms with Crippen molar-refractivity contribution >= 4 is 5.69 Å². The maximum atomic E-state index is 12.2. The smallest absolute Gasteiger partial charge is 0.378 e. The van der Waals surface area contributed by atoms with E-state index in [9.17, 15) is 13.2 Å². The summed E-state index contributed by atoms with van der Waals surface area (Å²) in [5, 5.41) is 0. The molecular weight excluding hydrogens is 243 g/mol. The number of hydrazine groups is 1. The Balaban J connectivity index is 2.78. The Morgan fingerprint density at radius 2 is 2.00 bits per heavy atom. The lowest BCUT2D eigenvalue weighted by Gasteiger charge is -2.20. The fourth-order valence-corrected chi connectivity index (χ4v) is 1.67. The van der Waals surface area contributed by atoms with Crippen molar-refractivity contribution in [1.29, 1.82) is 0 Å². The monoisotopic (exact) mass is 261 g/mol. The van der Waals surface area contributed by atoms with Gasteiger partial charge in [-0.25, -0.2) is 0 Å². The third-order valence-electron chi connectivity index (χ3n) is 2.71. The minimum atomic E-state index is -4.16. The van der Waals surface area contributed by atoms with E-state index in [1.54, 1.807) is 6.07 Å². The van der Waals surface area contributed by atoms with Crippen molar-refractivity contribution in [2.24, 2.45) is 5.84 Å². The van der Waals surface area contributed by atoms with Gasteiger partial charge in [0.1, 0.15) is 0 Å². The topological polar surface area (TPSA) is 41.3 Å². The minimum Gasteiger partial charge on any atom is -0.378 e. The van der Waals surface area contributed by atoms with Gasteiger partial charge < -0.3 is 4.90 Å². The highest BCUT2D eigenvalue weighted by molar-refractivity contribution is 5.47. The zero-order valence-electron chi connectivity index (χ0n) is 10.5. The van der Waals surface area contributed by atoms with Gasteiger partial charge in [0.15, 0.2) is 0 Å². The number of benzene rings is 1. The molecule has 1 rings (SSSR count). The van der Waals surface area contributed by atoms with Crippen molar-refractivity contribution in [3.8, 4) is 0 Å². The molecule has 1 unspecified atom stereocenters. The Kier molecular flexibility index (Phi) is 4.98. The molecule has 0 aliphatic heterocycles. The second-order valence-electron chi connectivity index (χ2n) is 4.36. The molecule has 102 valence electrons. The lowest BCUT2D eigenvalue weighted by Crippen LogP contribution is -2.29. The molecule has 0 aliphatic rings. The summed E-state index contributed by atoms with van der Waals surface area (Å²) in [5.74, 6) is 5.33. The molecule has 0 amide bonds. The van der Waals surface area contributed by atoms with Crippen LogP contribution in [0, 0.1) is 0 Å². The molecule has 6 heteroatoms. The number of halogens is 3. The second-order valence-corrected chi connectivity index (χ2v) is 4.36. The van der Waals surface area contributed by atoms with Crippen molar-refractivity contribution in [3.63, 3.8) is 0 Å². The summed E-state index contributed by atoms with van der Waals surface area (Å²) in [6.45, 7) is 0. The first-order chi connectivity index (χ1) is 8.33. The third kappa shape index (κ3) is 4.54. The predicted molar refractivity (Wildman–Crippen MR) is 66.1 cm³/mol. The van der Waals surface area contributed by atoms with E-state index in [0.717, 1.165) is 11.3 Å². The number of alkyl halides is 3. The van der Waals surface area contributed by atoms with Crippen molar-refractivity contribution in [3.05, 3.63) is 29.8 Å². The molecule has 1 atom stereocenters. The number of hydrogen-bond donors (Lipinski definition) is 2. The van der Waals surface area contributed by atoms with E-state index >= 15 is 0 Å². The van der Waals surface area contributed by atoms with Gasteiger partial charge in [-0.05, 0) is 24.1 Å². The molecule has 0 heterocycles. The van der Waals surface area contributed by atoms with Gasteiger partial charge in [0.2, 0.25) is 0 Å². The molecule has 3 nitrogen and oxygen atoms in total. The number of nitrogens with one attached hydrogen (secondary N) is 1. The maximum absolute atomic E-state index is 12.2. The molecule has 0 aromatic heterocycles. The molecule has 0 fully saturated rings. The van der Waals surface area contributed by atoms with E-state index in [0.29, 0.717) is 0 Å². The summed E-state index contributed by atoms with van der Waals surface area (Å²) < 4.78 is 36.6. The van der Waals surface area contributed by atoms with E-state index in [4.69, 9.17) is 5.84 Å². The average molecular weight is 261 g/mol. The lowest BCUT2D eigenvalue weighted by atomic mass is 10.0. The van der Waals surface area contributed by atoms with Gasteiger partial charge in [-0.3, -0.25) is 11.3 Å². The number of nitrogens with two attached hydrogens (primary N) is 1. The molecule has 1 aromatic rings. The fraction of sp³-hybridized carbons (Fsp3) is 0.500. The SMILES string of the molecule is CN(C)c1cccc(C(CCC(F)(F)F)NN)c1. The minimum absolute atomic E-state index is 0.0725. The maximum Gasteiger partial charge on any atom is 0.389 e. The number of hydrogen-bond acceptors (Lipinski definition) is 3. The molecular formula is C12H18F3N3. The zero-order valence-corrected chi connectivity index (χ0v) is 10.5. The molecule has 0 aliphatic carbocycles. The molecule has 0 saturated carbocycles. The summed E-state index contributed by atoms with van der Waals surface area (Å²) in [6, 6.07) is 6.81. The molecule has 18 heavy (non-hydrogen) atoms. The van der Waals surface area contributed by atoms with Crippen LogP contribution in [0.3, 0.4) is 0 Å². The Morgan fingerprint density at radius 1 is 1.33 bits per heavy atom. The van der Waals surface area contributed by atoms with Crippen LogP contribution >= 0.6 is 0 Å². The van der Waals surface area contributed by atoms with Crippen LogP contribution in [0.25, 0.3) is 0 Å². The van der Waals surface area contributed by atoms with Gasteiger partial charge in [-0.2, -0.15) is 13.2 Å². The van der Waals surface area contributed by atoms with Gasteiger partial charge in [0.05, 0.1) is 0 Å². The second kappa shape index (κ2) is 6.06. The van der Waals surface area contributed by atoms with Crippen molar-refractivity contribution in [2.75, 3.05) is 19.0 Å². The third-order valence-corrected chi connectivity index (χ3v) is 2.71. The van der Waals surface area contributed by atoms with Crippen molar-refractivity contribution in [2.45, 2.75) is 25.1 Å². The van der Waals surface area contributed by atoms with Crippen LogP contribution in [0.2, 0.25) is 0 Å². The highest BCUT2D eigenvalue weighted by atomic mass is 19.4. The van der Waals surface area contributed by atoms with Gasteiger partial charge in [0.25, 0.3) is 0 Å². The number of nitrogens with zero attached hydrogens (tertiary/aromatic N) is 1. The van der Waals surface area contributed by atoms with Crippen molar-refractivity contribution in [1.82, 2.24) is 5.43 Å². The van der Waals surface area contributed by atoms with E-state index in [-0.39, 0.29) is 6.42 Å². The average Bonchev–Trinajstić information content (AvgIpc) is 2.28. The van der Waals surface area contributed by atoms with Gasteiger partial charge >= 0.3 is 6.18 Å². The standard InChI is InChI=1S/C12H18F3N3/c1-18(2)10-5-3-4-9(8-10)11(17-16)6-7-12(13,14)15/h3-5,8,11,17H,6-7,16H2,1-2H3. The number of rotatable bonds is 5. The summed E-state index contributed by atoms with van der Waals surface area (Å²) in [5.41, 5.74) is 4.13. The van der Waals surface area contributed by atoms with Crippen LogP contribution in [0.4, 0.5) is 18.9 Å². The molecule has 0 bridgehead atoms. The highest BCUT2D eigenvalue weighted by Gasteiger charge is 2.28. The zero-order chi connectivity index (χ0) is 13.8. The van der Waals surface area contributed by atoms with E-state index in [2.05, 4.69) is 5.43 Å². The van der Waals surface area contributed by atoms with Crippen LogP contribution in [-0.2, 0) is 0 Å². The van der Waals surface area contributed by atoms with Crippen LogP contribution in [0.1, 0.15) is 24.4 Å². The molecule has 0 radical (unpaired) electrons. The van der Waals surface area contributed by atoms with Crippen LogP contribution in [-0.4, -0.2) is 20.3 Å². The first-order valence-electron chi connectivity index (χ1n) is 5.63. The Hall–Kier alpha value is -1.27. The first-order valence-corrected chi connectivity index (χ1v) is 5.63. The van der Waals surface area contributed by atoms with Gasteiger partial charge in [0, 0.05) is 32.2 Å². The Labute approximate surface area is 105 Å². The Morgan fingerprint density at radius 3 is 2.50 bits per heavy atom. The largest absolute Gasteiger partial charge is 0.389 e. The molecule has 0 saturated heterocycles. The van der Waals surface area contributed by atoms with E-state index < -0.39 is 18.6 Å². The predicted octanol–water partition coefficient (Wildman–Crippen LogP) is 2.60. The molecule has 3 N–H and O–H groups in total. The van der Waals surface area contributed by atoms with E-state index in [1.807, 2.05) is 37.2 Å². The molecule has 0 spiro atoms. The van der Waals surface area contributed by atoms with Crippen LogP contribution < -0.4 is 16.2 Å². The quantitative estimate of drug-likeness (QED) is 0.632. The summed E-state index contributed by atoms with van der Waals surface area (Å²) in [7, 11) is 3.75. The van der Waals surface area contributed by atoms with Gasteiger partial charge in [-0.1, -0.05) is 12.1 Å². The first kappa shape index (κ1) is 14.8. The summed E-state index contributed by atoms with van der Waals surface area (Å²) >= 11 is 0. The summed E-state index contributed by atoms with van der Waals surface area (Å²) in [4.78, 5) is 1.89. The lowest BCUT2D eigenvalue weighted by molar-refractivity contribution is -0.136. The fourth-order valence-electron chi connectivity index (χ4n) is 1.67. The number of anilines is 1. The van der Waals surface area contributed by atoms with E-state index in [1.165, 1.54) is 0 Å².